The van der Waals surface area contributed by atoms with Gasteiger partial charge in [0.25, 0.3) is 5.91 Å². The average molecular weight is 583 g/mol. The van der Waals surface area contributed by atoms with Crippen LogP contribution in [0.5, 0.6) is 11.5 Å². The highest BCUT2D eigenvalue weighted by atomic mass is 16.5. The number of likely N-dealkylation sites (tertiary alicyclic amines) is 1. The largest absolute Gasteiger partial charge is 0.494 e. The minimum absolute atomic E-state index is 0.147. The molecule has 4 N–H and O–H groups in total. The molecule has 224 valence electrons. The first-order valence-corrected chi connectivity index (χ1v) is 14.6. The Morgan fingerprint density at radius 2 is 1.72 bits per heavy atom. The van der Waals surface area contributed by atoms with E-state index in [1.54, 1.807) is 17.6 Å². The molecule has 2 amide bonds. The molecule has 0 radical (unpaired) electrons. The SMILES string of the molecule is CCOc1ccc(-c2cc(COc3ccc(C4(N)CCN(C(CC(C)C)C(=O)NO)C4=O)cc3)c3ccccc3n2)cc1. The maximum Gasteiger partial charge on any atom is 0.266 e. The number of pyridine rings is 1. The lowest BCUT2D eigenvalue weighted by atomic mass is 9.89. The molecule has 9 nitrogen and oxygen atoms in total. The Labute approximate surface area is 251 Å². The number of aromatic nitrogens is 1. The van der Waals surface area contributed by atoms with Crippen LogP contribution >= 0.6 is 0 Å². The number of hydrogen-bond acceptors (Lipinski definition) is 7. The van der Waals surface area contributed by atoms with Crippen molar-refractivity contribution in [2.45, 2.75) is 51.8 Å². The summed E-state index contributed by atoms with van der Waals surface area (Å²) in [6.07, 6.45) is 0.779. The van der Waals surface area contributed by atoms with Crippen molar-refractivity contribution in [3.8, 4) is 22.8 Å². The first-order valence-electron chi connectivity index (χ1n) is 14.6. The van der Waals surface area contributed by atoms with Gasteiger partial charge in [-0.05, 0) is 79.8 Å². The number of para-hydroxylation sites is 1. The number of rotatable bonds is 11. The standard InChI is InChI=1S/C34H38N4O5/c1-4-42-26-13-9-23(10-14-26)30-20-24(28-7-5-6-8-29(28)36-30)21-43-27-15-11-25(12-16-27)34(35)17-18-38(33(34)40)31(19-22(2)3)32(39)37-41/h5-16,20,22,31,41H,4,17-19,21,35H2,1-3H3,(H,37,39). The van der Waals surface area contributed by atoms with E-state index in [-0.39, 0.29) is 11.8 Å². The zero-order valence-electron chi connectivity index (χ0n) is 24.7. The molecule has 4 aromatic rings. The van der Waals surface area contributed by atoms with E-state index in [0.29, 0.717) is 43.9 Å². The maximum absolute atomic E-state index is 13.5. The molecule has 5 rings (SSSR count). The molecule has 1 fully saturated rings. The normalized spacial score (nSPS) is 17.3. The number of fused-ring (bicyclic) bond motifs is 1. The molecule has 1 aliphatic heterocycles. The van der Waals surface area contributed by atoms with Crippen molar-refractivity contribution in [2.75, 3.05) is 13.2 Å². The quantitative estimate of drug-likeness (QED) is 0.164. The predicted octanol–water partition coefficient (Wildman–Crippen LogP) is 5.19. The Morgan fingerprint density at radius 1 is 1.05 bits per heavy atom. The lowest BCUT2D eigenvalue weighted by Crippen LogP contribution is -2.52. The van der Waals surface area contributed by atoms with E-state index in [1.807, 2.05) is 87.5 Å². The van der Waals surface area contributed by atoms with E-state index >= 15 is 0 Å². The number of hydrogen-bond donors (Lipinski definition) is 3. The van der Waals surface area contributed by atoms with Gasteiger partial charge in [-0.1, -0.05) is 44.2 Å². The number of carbonyl (C=O) groups excluding carboxylic acids is 2. The minimum atomic E-state index is -1.27. The number of benzene rings is 3. The van der Waals surface area contributed by atoms with Crippen molar-refractivity contribution < 1.29 is 24.3 Å². The number of nitrogens with one attached hydrogen (secondary N) is 1. The summed E-state index contributed by atoms with van der Waals surface area (Å²) in [5.74, 6) is 0.658. The number of carbonyl (C=O) groups is 2. The van der Waals surface area contributed by atoms with Gasteiger partial charge < -0.3 is 20.1 Å². The van der Waals surface area contributed by atoms with Crippen LogP contribution in [-0.4, -0.2) is 46.1 Å². The molecule has 1 aliphatic rings. The number of nitrogens with zero attached hydrogens (tertiary/aromatic N) is 2. The van der Waals surface area contributed by atoms with Gasteiger partial charge in [-0.3, -0.25) is 14.8 Å². The van der Waals surface area contributed by atoms with Gasteiger partial charge in [0.05, 0.1) is 17.8 Å². The second-order valence-electron chi connectivity index (χ2n) is 11.3. The highest BCUT2D eigenvalue weighted by Crippen LogP contribution is 2.34. The van der Waals surface area contributed by atoms with Crippen molar-refractivity contribution in [2.24, 2.45) is 11.7 Å². The third-order valence-electron chi connectivity index (χ3n) is 7.90. The molecule has 0 saturated carbocycles. The Hall–Kier alpha value is -4.47. The monoisotopic (exact) mass is 582 g/mol. The van der Waals surface area contributed by atoms with Crippen LogP contribution in [0.3, 0.4) is 0 Å². The van der Waals surface area contributed by atoms with Gasteiger partial charge >= 0.3 is 0 Å². The number of hydroxylamine groups is 1. The topological polar surface area (TPSA) is 127 Å². The predicted molar refractivity (Wildman–Crippen MR) is 164 cm³/mol. The third kappa shape index (κ3) is 6.33. The molecule has 2 unspecified atom stereocenters. The average Bonchev–Trinajstić information content (AvgIpc) is 3.33. The molecule has 1 aromatic heterocycles. The molecule has 0 aliphatic carbocycles. The van der Waals surface area contributed by atoms with Gasteiger partial charge in [0, 0.05) is 23.1 Å². The van der Waals surface area contributed by atoms with Crippen molar-refractivity contribution in [3.63, 3.8) is 0 Å². The van der Waals surface area contributed by atoms with Gasteiger partial charge in [-0.2, -0.15) is 0 Å². The van der Waals surface area contributed by atoms with Crippen LogP contribution in [0.4, 0.5) is 0 Å². The fraction of sp³-hybridized carbons (Fsp3) is 0.324. The lowest BCUT2D eigenvalue weighted by Gasteiger charge is -2.30. The van der Waals surface area contributed by atoms with Crippen LogP contribution in [0.1, 0.15) is 44.7 Å². The summed E-state index contributed by atoms with van der Waals surface area (Å²) in [5, 5.41) is 10.3. The lowest BCUT2D eigenvalue weighted by molar-refractivity contribution is -0.144. The number of ether oxygens (including phenoxy) is 2. The first kappa shape index (κ1) is 30.0. The van der Waals surface area contributed by atoms with E-state index in [1.165, 1.54) is 4.90 Å². The number of amides is 2. The van der Waals surface area contributed by atoms with E-state index in [0.717, 1.165) is 33.5 Å². The zero-order chi connectivity index (χ0) is 30.6. The van der Waals surface area contributed by atoms with Crippen LogP contribution in [0.2, 0.25) is 0 Å². The Balaban J connectivity index is 1.33. The van der Waals surface area contributed by atoms with Crippen molar-refractivity contribution in [1.82, 2.24) is 15.4 Å². The van der Waals surface area contributed by atoms with Gasteiger partial charge in [0.15, 0.2) is 0 Å². The number of nitrogens with two attached hydrogens (primary N) is 1. The molecule has 1 saturated heterocycles. The van der Waals surface area contributed by atoms with Crippen LogP contribution < -0.4 is 20.7 Å². The first-order chi connectivity index (χ1) is 20.7. The molecular formula is C34H38N4O5. The van der Waals surface area contributed by atoms with Gasteiger partial charge in [-0.25, -0.2) is 10.5 Å². The molecule has 2 atom stereocenters. The second kappa shape index (κ2) is 12.8. The van der Waals surface area contributed by atoms with Crippen LogP contribution in [0, 0.1) is 5.92 Å². The Morgan fingerprint density at radius 3 is 2.40 bits per heavy atom. The zero-order valence-corrected chi connectivity index (χ0v) is 24.7. The third-order valence-corrected chi connectivity index (χ3v) is 7.90. The van der Waals surface area contributed by atoms with Gasteiger partial charge in [0.1, 0.15) is 29.7 Å². The second-order valence-corrected chi connectivity index (χ2v) is 11.3. The molecular weight excluding hydrogens is 544 g/mol. The van der Waals surface area contributed by atoms with E-state index in [9.17, 15) is 14.8 Å². The van der Waals surface area contributed by atoms with E-state index in [2.05, 4.69) is 0 Å². The molecule has 3 aromatic carbocycles. The smallest absolute Gasteiger partial charge is 0.266 e. The fourth-order valence-corrected chi connectivity index (χ4v) is 5.64. The molecule has 0 spiro atoms. The molecule has 43 heavy (non-hydrogen) atoms. The van der Waals surface area contributed by atoms with Crippen molar-refractivity contribution in [1.29, 1.82) is 0 Å². The summed E-state index contributed by atoms with van der Waals surface area (Å²) >= 11 is 0. The summed E-state index contributed by atoms with van der Waals surface area (Å²) in [6, 6.07) is 24.3. The van der Waals surface area contributed by atoms with Gasteiger partial charge in [0.2, 0.25) is 5.91 Å². The summed E-state index contributed by atoms with van der Waals surface area (Å²) in [4.78, 5) is 32.2. The van der Waals surface area contributed by atoms with Crippen molar-refractivity contribution >= 4 is 22.7 Å². The summed E-state index contributed by atoms with van der Waals surface area (Å²) in [6.45, 7) is 7.13. The van der Waals surface area contributed by atoms with E-state index < -0.39 is 17.5 Å². The van der Waals surface area contributed by atoms with Crippen LogP contribution in [-0.2, 0) is 21.7 Å². The van der Waals surface area contributed by atoms with Crippen LogP contribution in [0.15, 0.2) is 78.9 Å². The highest BCUT2D eigenvalue weighted by molar-refractivity contribution is 5.94. The van der Waals surface area contributed by atoms with E-state index in [4.69, 9.17) is 20.2 Å². The summed E-state index contributed by atoms with van der Waals surface area (Å²) in [5.41, 5.74) is 11.4. The summed E-state index contributed by atoms with van der Waals surface area (Å²) in [7, 11) is 0. The van der Waals surface area contributed by atoms with Crippen molar-refractivity contribution in [3.05, 3.63) is 90.0 Å². The fourth-order valence-electron chi connectivity index (χ4n) is 5.64. The Bertz CT molecular complexity index is 1590. The summed E-state index contributed by atoms with van der Waals surface area (Å²) < 4.78 is 11.8. The maximum atomic E-state index is 13.5. The Kier molecular flexibility index (Phi) is 8.94. The van der Waals surface area contributed by atoms with Crippen LogP contribution in [0.25, 0.3) is 22.2 Å². The van der Waals surface area contributed by atoms with Gasteiger partial charge in [-0.15, -0.1) is 0 Å². The molecule has 9 heteroatoms. The highest BCUT2D eigenvalue weighted by Gasteiger charge is 2.48. The molecule has 2 heterocycles. The molecule has 0 bridgehead atoms. The minimum Gasteiger partial charge on any atom is -0.494 e.